The van der Waals surface area contributed by atoms with Crippen LogP contribution < -0.4 is 5.32 Å². The summed E-state index contributed by atoms with van der Waals surface area (Å²) in [6.07, 6.45) is 14.6. The third-order valence-electron chi connectivity index (χ3n) is 5.32. The van der Waals surface area contributed by atoms with Crippen molar-refractivity contribution in [3.63, 3.8) is 0 Å². The first-order chi connectivity index (χ1) is 8.90. The first kappa shape index (κ1) is 12.9. The van der Waals surface area contributed by atoms with E-state index < -0.39 is 0 Å². The van der Waals surface area contributed by atoms with E-state index in [1.807, 2.05) is 0 Å². The molecular weight excluding hydrogens is 220 g/mol. The molecule has 18 heavy (non-hydrogen) atoms. The van der Waals surface area contributed by atoms with Gasteiger partial charge in [-0.05, 0) is 51.0 Å². The van der Waals surface area contributed by atoms with E-state index in [9.17, 15) is 0 Å². The summed E-state index contributed by atoms with van der Waals surface area (Å²) in [5.74, 6) is 1.02. The SMILES string of the molecule is C1CCC(CN2CCCC(NC3CCCC3)C2)C1. The average Bonchev–Trinajstić information content (AvgIpc) is 3.03. The predicted molar refractivity (Wildman–Crippen MR) is 76.8 cm³/mol. The molecule has 0 aromatic carbocycles. The van der Waals surface area contributed by atoms with E-state index in [0.29, 0.717) is 0 Å². The third kappa shape index (κ3) is 3.48. The molecule has 0 aromatic heterocycles. The zero-order valence-corrected chi connectivity index (χ0v) is 11.9. The molecule has 0 radical (unpaired) electrons. The van der Waals surface area contributed by atoms with Crippen molar-refractivity contribution in [1.29, 1.82) is 0 Å². The highest BCUT2D eigenvalue weighted by molar-refractivity contribution is 4.85. The summed E-state index contributed by atoms with van der Waals surface area (Å²) in [6, 6.07) is 1.64. The second kappa shape index (κ2) is 6.38. The highest BCUT2D eigenvalue weighted by Crippen LogP contribution is 2.27. The fraction of sp³-hybridized carbons (Fsp3) is 1.00. The molecule has 1 saturated heterocycles. The van der Waals surface area contributed by atoms with E-state index in [1.165, 1.54) is 83.8 Å². The normalized spacial score (nSPS) is 32.3. The van der Waals surface area contributed by atoms with Gasteiger partial charge in [0.1, 0.15) is 0 Å². The second-order valence-electron chi connectivity index (χ2n) is 6.90. The fourth-order valence-corrected chi connectivity index (χ4v) is 4.34. The Morgan fingerprint density at radius 3 is 2.22 bits per heavy atom. The minimum Gasteiger partial charge on any atom is -0.310 e. The summed E-state index contributed by atoms with van der Waals surface area (Å²) >= 11 is 0. The third-order valence-corrected chi connectivity index (χ3v) is 5.32. The Balaban J connectivity index is 1.42. The Labute approximate surface area is 113 Å². The highest BCUT2D eigenvalue weighted by Gasteiger charge is 2.26. The van der Waals surface area contributed by atoms with Gasteiger partial charge in [-0.15, -0.1) is 0 Å². The molecule has 3 fully saturated rings. The Bertz CT molecular complexity index is 217. The van der Waals surface area contributed by atoms with Gasteiger partial charge in [0.2, 0.25) is 0 Å². The minimum atomic E-state index is 0.795. The van der Waals surface area contributed by atoms with Crippen LogP contribution in [-0.4, -0.2) is 36.6 Å². The van der Waals surface area contributed by atoms with E-state index in [1.54, 1.807) is 0 Å². The molecule has 104 valence electrons. The molecule has 2 heteroatoms. The van der Waals surface area contributed by atoms with Gasteiger partial charge in [0, 0.05) is 25.2 Å². The van der Waals surface area contributed by atoms with Crippen LogP contribution in [0.1, 0.15) is 64.2 Å². The number of hydrogen-bond acceptors (Lipinski definition) is 2. The lowest BCUT2D eigenvalue weighted by atomic mass is 10.0. The van der Waals surface area contributed by atoms with Crippen molar-refractivity contribution in [3.05, 3.63) is 0 Å². The summed E-state index contributed by atoms with van der Waals surface area (Å²) in [6.45, 7) is 4.08. The summed E-state index contributed by atoms with van der Waals surface area (Å²) < 4.78 is 0. The van der Waals surface area contributed by atoms with Crippen LogP contribution >= 0.6 is 0 Å². The van der Waals surface area contributed by atoms with Crippen LogP contribution in [0.2, 0.25) is 0 Å². The first-order valence-electron chi connectivity index (χ1n) is 8.38. The number of hydrogen-bond donors (Lipinski definition) is 1. The number of piperidine rings is 1. The molecular formula is C16H30N2. The Hall–Kier alpha value is -0.0800. The summed E-state index contributed by atoms with van der Waals surface area (Å²) in [5.41, 5.74) is 0. The quantitative estimate of drug-likeness (QED) is 0.824. The smallest absolute Gasteiger partial charge is 0.0198 e. The Kier molecular flexibility index (Phi) is 4.58. The van der Waals surface area contributed by atoms with Gasteiger partial charge in [-0.3, -0.25) is 0 Å². The lowest BCUT2D eigenvalue weighted by Gasteiger charge is -2.36. The summed E-state index contributed by atoms with van der Waals surface area (Å²) in [4.78, 5) is 2.76. The molecule has 0 aromatic rings. The number of likely N-dealkylation sites (tertiary alicyclic amines) is 1. The predicted octanol–water partition coefficient (Wildman–Crippen LogP) is 3.17. The van der Waals surface area contributed by atoms with Crippen LogP contribution in [0.3, 0.4) is 0 Å². The van der Waals surface area contributed by atoms with Crippen molar-refractivity contribution in [2.75, 3.05) is 19.6 Å². The van der Waals surface area contributed by atoms with Crippen LogP contribution in [0.5, 0.6) is 0 Å². The standard InChI is InChI=1S/C16H30N2/c1-2-7-14(6-1)12-18-11-5-10-16(13-18)17-15-8-3-4-9-15/h14-17H,1-13H2. The molecule has 0 amide bonds. The van der Waals surface area contributed by atoms with E-state index in [4.69, 9.17) is 0 Å². The maximum Gasteiger partial charge on any atom is 0.0198 e. The molecule has 1 N–H and O–H groups in total. The topological polar surface area (TPSA) is 15.3 Å². The number of nitrogens with one attached hydrogen (secondary N) is 1. The number of rotatable bonds is 4. The van der Waals surface area contributed by atoms with E-state index in [-0.39, 0.29) is 0 Å². The molecule has 1 unspecified atom stereocenters. The lowest BCUT2D eigenvalue weighted by Crippen LogP contribution is -2.49. The monoisotopic (exact) mass is 250 g/mol. The zero-order valence-electron chi connectivity index (χ0n) is 11.9. The van der Waals surface area contributed by atoms with Gasteiger partial charge in [-0.1, -0.05) is 25.7 Å². The first-order valence-corrected chi connectivity index (χ1v) is 8.38. The maximum absolute atomic E-state index is 3.93. The second-order valence-corrected chi connectivity index (χ2v) is 6.90. The fourth-order valence-electron chi connectivity index (χ4n) is 4.34. The molecule has 1 atom stereocenters. The Morgan fingerprint density at radius 1 is 0.778 bits per heavy atom. The van der Waals surface area contributed by atoms with Crippen LogP contribution in [0.25, 0.3) is 0 Å². The Morgan fingerprint density at radius 2 is 1.44 bits per heavy atom. The molecule has 2 nitrogen and oxygen atoms in total. The van der Waals surface area contributed by atoms with Crippen LogP contribution in [0.4, 0.5) is 0 Å². The van der Waals surface area contributed by atoms with E-state index in [2.05, 4.69) is 10.2 Å². The molecule has 1 heterocycles. The van der Waals surface area contributed by atoms with Crippen molar-refractivity contribution >= 4 is 0 Å². The highest BCUT2D eigenvalue weighted by atomic mass is 15.2. The maximum atomic E-state index is 3.93. The van der Waals surface area contributed by atoms with Gasteiger partial charge >= 0.3 is 0 Å². The lowest BCUT2D eigenvalue weighted by molar-refractivity contribution is 0.160. The largest absolute Gasteiger partial charge is 0.310 e. The molecule has 2 aliphatic carbocycles. The summed E-state index contributed by atoms with van der Waals surface area (Å²) in [7, 11) is 0. The van der Waals surface area contributed by atoms with Gasteiger partial charge in [-0.25, -0.2) is 0 Å². The summed E-state index contributed by atoms with van der Waals surface area (Å²) in [5, 5.41) is 3.93. The zero-order chi connectivity index (χ0) is 12.2. The van der Waals surface area contributed by atoms with Crippen LogP contribution in [0.15, 0.2) is 0 Å². The van der Waals surface area contributed by atoms with Crippen molar-refractivity contribution in [2.24, 2.45) is 5.92 Å². The van der Waals surface area contributed by atoms with E-state index >= 15 is 0 Å². The molecule has 0 spiro atoms. The van der Waals surface area contributed by atoms with E-state index in [0.717, 1.165) is 18.0 Å². The van der Waals surface area contributed by atoms with Gasteiger partial charge < -0.3 is 10.2 Å². The molecule has 3 rings (SSSR count). The molecule has 0 bridgehead atoms. The average molecular weight is 250 g/mol. The van der Waals surface area contributed by atoms with Gasteiger partial charge in [0.15, 0.2) is 0 Å². The van der Waals surface area contributed by atoms with Gasteiger partial charge in [0.05, 0.1) is 0 Å². The molecule has 3 aliphatic rings. The van der Waals surface area contributed by atoms with Crippen LogP contribution in [0, 0.1) is 5.92 Å². The number of nitrogens with zero attached hydrogens (tertiary/aromatic N) is 1. The molecule has 2 saturated carbocycles. The molecule has 1 aliphatic heterocycles. The van der Waals surface area contributed by atoms with Crippen LogP contribution in [-0.2, 0) is 0 Å². The van der Waals surface area contributed by atoms with Crippen molar-refractivity contribution in [3.8, 4) is 0 Å². The van der Waals surface area contributed by atoms with Crippen molar-refractivity contribution < 1.29 is 0 Å². The minimum absolute atomic E-state index is 0.795. The van der Waals surface area contributed by atoms with Crippen molar-refractivity contribution in [1.82, 2.24) is 10.2 Å². The van der Waals surface area contributed by atoms with Gasteiger partial charge in [0.25, 0.3) is 0 Å². The van der Waals surface area contributed by atoms with Crippen molar-refractivity contribution in [2.45, 2.75) is 76.3 Å². The van der Waals surface area contributed by atoms with Gasteiger partial charge in [-0.2, -0.15) is 0 Å².